The summed E-state index contributed by atoms with van der Waals surface area (Å²) in [6.07, 6.45) is 0. The minimum atomic E-state index is -0.385. The predicted molar refractivity (Wildman–Crippen MR) is 95.0 cm³/mol. The number of carbonyl (C=O) groups is 1. The SMILES string of the molecule is COc1cccc(OC)c1C(=O)N=c1sc2cccc(C)c2n1C. The van der Waals surface area contributed by atoms with Crippen LogP contribution in [0.3, 0.4) is 0 Å². The molecule has 0 spiro atoms. The number of hydrogen-bond donors (Lipinski definition) is 0. The van der Waals surface area contributed by atoms with Gasteiger partial charge in [0.25, 0.3) is 5.91 Å². The summed E-state index contributed by atoms with van der Waals surface area (Å²) >= 11 is 1.48. The first-order valence-corrected chi connectivity index (χ1v) is 8.23. The molecule has 3 rings (SSSR count). The van der Waals surface area contributed by atoms with Gasteiger partial charge in [-0.25, -0.2) is 0 Å². The molecule has 1 amide bonds. The summed E-state index contributed by atoms with van der Waals surface area (Å²) < 4.78 is 13.6. The molecule has 24 heavy (non-hydrogen) atoms. The number of thiazole rings is 1. The number of carbonyl (C=O) groups excluding carboxylic acids is 1. The van der Waals surface area contributed by atoms with Crippen LogP contribution in [0.5, 0.6) is 11.5 Å². The predicted octanol–water partition coefficient (Wildman–Crippen LogP) is 3.31. The molecule has 1 aromatic heterocycles. The van der Waals surface area contributed by atoms with Gasteiger partial charge in [0.2, 0.25) is 0 Å². The number of amides is 1. The lowest BCUT2D eigenvalue weighted by Crippen LogP contribution is -2.14. The van der Waals surface area contributed by atoms with E-state index in [4.69, 9.17) is 9.47 Å². The summed E-state index contributed by atoms with van der Waals surface area (Å²) in [5.74, 6) is 0.509. The van der Waals surface area contributed by atoms with Crippen LogP contribution in [0.2, 0.25) is 0 Å². The zero-order chi connectivity index (χ0) is 17.3. The Morgan fingerprint density at radius 3 is 2.29 bits per heavy atom. The Morgan fingerprint density at radius 1 is 1.08 bits per heavy atom. The topological polar surface area (TPSA) is 52.8 Å². The lowest BCUT2D eigenvalue weighted by atomic mass is 10.1. The van der Waals surface area contributed by atoms with Gasteiger partial charge in [-0.3, -0.25) is 4.79 Å². The molecule has 1 heterocycles. The quantitative estimate of drug-likeness (QED) is 0.734. The molecule has 0 bridgehead atoms. The number of para-hydroxylation sites is 1. The maximum absolute atomic E-state index is 12.8. The monoisotopic (exact) mass is 342 g/mol. The lowest BCUT2D eigenvalue weighted by molar-refractivity contribution is 0.0992. The molecular weight excluding hydrogens is 324 g/mol. The second-order valence-electron chi connectivity index (χ2n) is 5.32. The van der Waals surface area contributed by atoms with Crippen LogP contribution in [-0.4, -0.2) is 24.7 Å². The molecule has 0 atom stereocenters. The second-order valence-corrected chi connectivity index (χ2v) is 6.33. The van der Waals surface area contributed by atoms with E-state index in [2.05, 4.69) is 4.99 Å². The van der Waals surface area contributed by atoms with Gasteiger partial charge < -0.3 is 14.0 Å². The van der Waals surface area contributed by atoms with Crippen LogP contribution < -0.4 is 14.3 Å². The summed E-state index contributed by atoms with van der Waals surface area (Å²) in [4.78, 5) is 17.7. The molecule has 0 fully saturated rings. The van der Waals surface area contributed by atoms with Crippen molar-refractivity contribution in [3.05, 3.63) is 52.3 Å². The number of aromatic nitrogens is 1. The summed E-state index contributed by atoms with van der Waals surface area (Å²) in [6.45, 7) is 2.05. The maximum atomic E-state index is 12.8. The largest absolute Gasteiger partial charge is 0.496 e. The number of aryl methyl sites for hydroxylation is 2. The van der Waals surface area contributed by atoms with E-state index < -0.39 is 0 Å². The molecule has 0 aliphatic rings. The third-order valence-electron chi connectivity index (χ3n) is 3.86. The Morgan fingerprint density at radius 2 is 1.71 bits per heavy atom. The summed E-state index contributed by atoms with van der Waals surface area (Å²) in [6, 6.07) is 11.3. The first-order valence-electron chi connectivity index (χ1n) is 7.42. The Hall–Kier alpha value is -2.60. The van der Waals surface area contributed by atoms with Crippen molar-refractivity contribution in [2.75, 3.05) is 14.2 Å². The second kappa shape index (κ2) is 6.49. The molecule has 0 unspecified atom stereocenters. The van der Waals surface area contributed by atoms with Crippen molar-refractivity contribution >= 4 is 27.5 Å². The zero-order valence-electron chi connectivity index (χ0n) is 14.0. The third kappa shape index (κ3) is 2.69. The minimum absolute atomic E-state index is 0.330. The highest BCUT2D eigenvalue weighted by Gasteiger charge is 2.18. The molecule has 124 valence electrons. The minimum Gasteiger partial charge on any atom is -0.496 e. The van der Waals surface area contributed by atoms with Crippen LogP contribution in [0.15, 0.2) is 41.4 Å². The lowest BCUT2D eigenvalue weighted by Gasteiger charge is -2.09. The van der Waals surface area contributed by atoms with Crippen LogP contribution in [0.1, 0.15) is 15.9 Å². The number of fused-ring (bicyclic) bond motifs is 1. The van der Waals surface area contributed by atoms with Gasteiger partial charge in [0.1, 0.15) is 17.1 Å². The Balaban J connectivity index is 2.18. The molecule has 6 heteroatoms. The van der Waals surface area contributed by atoms with E-state index in [0.29, 0.717) is 21.9 Å². The van der Waals surface area contributed by atoms with Crippen molar-refractivity contribution < 1.29 is 14.3 Å². The number of hydrogen-bond acceptors (Lipinski definition) is 4. The fourth-order valence-electron chi connectivity index (χ4n) is 2.71. The Kier molecular flexibility index (Phi) is 4.40. The molecule has 0 N–H and O–H groups in total. The van der Waals surface area contributed by atoms with Crippen molar-refractivity contribution in [2.24, 2.45) is 12.0 Å². The fourth-order valence-corrected chi connectivity index (χ4v) is 3.80. The normalized spacial score (nSPS) is 11.8. The highest BCUT2D eigenvalue weighted by molar-refractivity contribution is 7.16. The molecular formula is C18H18N2O3S. The van der Waals surface area contributed by atoms with E-state index >= 15 is 0 Å². The van der Waals surface area contributed by atoms with Crippen molar-refractivity contribution in [3.8, 4) is 11.5 Å². The number of ether oxygens (including phenoxy) is 2. The van der Waals surface area contributed by atoms with Crippen molar-refractivity contribution in [1.82, 2.24) is 4.57 Å². The van der Waals surface area contributed by atoms with E-state index in [1.807, 2.05) is 36.7 Å². The van der Waals surface area contributed by atoms with Gasteiger partial charge in [-0.15, -0.1) is 0 Å². The van der Waals surface area contributed by atoms with Crippen molar-refractivity contribution in [2.45, 2.75) is 6.92 Å². The number of nitrogens with zero attached hydrogens (tertiary/aromatic N) is 2. The van der Waals surface area contributed by atoms with E-state index in [-0.39, 0.29) is 5.91 Å². The average Bonchev–Trinajstić information content (AvgIpc) is 2.91. The zero-order valence-corrected chi connectivity index (χ0v) is 14.8. The van der Waals surface area contributed by atoms with Crippen LogP contribution in [0.4, 0.5) is 0 Å². The summed E-state index contributed by atoms with van der Waals surface area (Å²) in [7, 11) is 4.96. The van der Waals surface area contributed by atoms with Gasteiger partial charge in [0, 0.05) is 7.05 Å². The molecule has 3 aromatic rings. The Labute approximate surface area is 143 Å². The summed E-state index contributed by atoms with van der Waals surface area (Å²) in [5, 5.41) is 0. The smallest absolute Gasteiger partial charge is 0.287 e. The molecule has 0 aliphatic carbocycles. The van der Waals surface area contributed by atoms with Crippen LogP contribution in [-0.2, 0) is 7.05 Å². The van der Waals surface area contributed by atoms with Gasteiger partial charge in [0.15, 0.2) is 4.80 Å². The van der Waals surface area contributed by atoms with Crippen molar-refractivity contribution in [1.29, 1.82) is 0 Å². The van der Waals surface area contributed by atoms with Gasteiger partial charge >= 0.3 is 0 Å². The maximum Gasteiger partial charge on any atom is 0.287 e. The molecule has 0 saturated heterocycles. The van der Waals surface area contributed by atoms with Crippen LogP contribution in [0.25, 0.3) is 10.2 Å². The van der Waals surface area contributed by atoms with Crippen LogP contribution >= 0.6 is 11.3 Å². The third-order valence-corrected chi connectivity index (χ3v) is 4.96. The number of rotatable bonds is 3. The van der Waals surface area contributed by atoms with Gasteiger partial charge in [-0.2, -0.15) is 4.99 Å². The van der Waals surface area contributed by atoms with E-state index in [1.54, 1.807) is 18.2 Å². The van der Waals surface area contributed by atoms with E-state index in [9.17, 15) is 4.79 Å². The molecule has 0 saturated carbocycles. The van der Waals surface area contributed by atoms with Gasteiger partial charge in [0.05, 0.1) is 24.4 Å². The molecule has 0 radical (unpaired) electrons. The standard InChI is InChI=1S/C18H18N2O3S/c1-11-7-5-10-14-16(11)20(2)18(24-14)19-17(21)15-12(22-3)8-6-9-13(15)23-4/h5-10H,1-4H3. The fraction of sp³-hybridized carbons (Fsp3) is 0.222. The molecule has 5 nitrogen and oxygen atoms in total. The Bertz CT molecular complexity index is 963. The van der Waals surface area contributed by atoms with E-state index in [0.717, 1.165) is 15.8 Å². The summed E-state index contributed by atoms with van der Waals surface area (Å²) in [5.41, 5.74) is 2.56. The first kappa shape index (κ1) is 16.3. The number of methoxy groups -OCH3 is 2. The molecule has 0 aliphatic heterocycles. The highest BCUT2D eigenvalue weighted by atomic mass is 32.1. The van der Waals surface area contributed by atoms with Crippen molar-refractivity contribution in [3.63, 3.8) is 0 Å². The average molecular weight is 342 g/mol. The highest BCUT2D eigenvalue weighted by Crippen LogP contribution is 2.29. The van der Waals surface area contributed by atoms with Gasteiger partial charge in [-0.1, -0.05) is 29.5 Å². The first-order chi connectivity index (χ1) is 11.6. The van der Waals surface area contributed by atoms with Crippen LogP contribution in [0, 0.1) is 6.92 Å². The number of benzene rings is 2. The van der Waals surface area contributed by atoms with E-state index in [1.165, 1.54) is 25.6 Å². The van der Waals surface area contributed by atoms with Gasteiger partial charge in [-0.05, 0) is 30.7 Å². The molecule has 2 aromatic carbocycles.